The van der Waals surface area contributed by atoms with Gasteiger partial charge < -0.3 is 9.52 Å². The van der Waals surface area contributed by atoms with Crippen LogP contribution in [0.5, 0.6) is 5.75 Å². The maximum absolute atomic E-state index is 9.77. The van der Waals surface area contributed by atoms with Crippen molar-refractivity contribution in [2.24, 2.45) is 0 Å². The number of hydrogen-bond acceptors (Lipinski definition) is 2. The average molecular weight is 263 g/mol. The molecule has 0 atom stereocenters. The lowest BCUT2D eigenvalue weighted by atomic mass is 10.1. The SMILES string of the molecule is Oc1cccc2oc3c(Br)cccc3c12. The van der Waals surface area contributed by atoms with Gasteiger partial charge in [-0.2, -0.15) is 0 Å². The normalized spacial score (nSPS) is 11.3. The Balaban J connectivity index is 2.65. The molecule has 0 fully saturated rings. The van der Waals surface area contributed by atoms with Gasteiger partial charge in [0.1, 0.15) is 16.9 Å². The number of fused-ring (bicyclic) bond motifs is 3. The molecule has 0 bridgehead atoms. The van der Waals surface area contributed by atoms with Crippen LogP contribution in [0.2, 0.25) is 0 Å². The second kappa shape index (κ2) is 3.00. The first-order chi connectivity index (χ1) is 7.27. The van der Waals surface area contributed by atoms with Crippen LogP contribution in [0.3, 0.4) is 0 Å². The Kier molecular flexibility index (Phi) is 1.76. The molecule has 1 heterocycles. The summed E-state index contributed by atoms with van der Waals surface area (Å²) in [5, 5.41) is 11.5. The van der Waals surface area contributed by atoms with E-state index in [-0.39, 0.29) is 5.75 Å². The number of aromatic hydroxyl groups is 1. The van der Waals surface area contributed by atoms with Gasteiger partial charge in [-0.15, -0.1) is 0 Å². The molecule has 2 nitrogen and oxygen atoms in total. The van der Waals surface area contributed by atoms with Gasteiger partial charge in [-0.3, -0.25) is 0 Å². The Morgan fingerprint density at radius 2 is 1.87 bits per heavy atom. The number of furan rings is 1. The minimum atomic E-state index is 0.254. The fourth-order valence-corrected chi connectivity index (χ4v) is 2.24. The quantitative estimate of drug-likeness (QED) is 0.663. The van der Waals surface area contributed by atoms with Crippen LogP contribution in [-0.2, 0) is 0 Å². The Morgan fingerprint density at radius 3 is 2.73 bits per heavy atom. The maximum atomic E-state index is 9.77. The number of benzene rings is 2. The van der Waals surface area contributed by atoms with Gasteiger partial charge >= 0.3 is 0 Å². The molecule has 15 heavy (non-hydrogen) atoms. The van der Waals surface area contributed by atoms with Crippen molar-refractivity contribution in [3.05, 3.63) is 40.9 Å². The van der Waals surface area contributed by atoms with Crippen molar-refractivity contribution in [2.45, 2.75) is 0 Å². The van der Waals surface area contributed by atoms with E-state index in [1.54, 1.807) is 12.1 Å². The highest BCUT2D eigenvalue weighted by atomic mass is 79.9. The van der Waals surface area contributed by atoms with Crippen LogP contribution in [0.25, 0.3) is 21.9 Å². The highest BCUT2D eigenvalue weighted by molar-refractivity contribution is 9.10. The summed E-state index contributed by atoms with van der Waals surface area (Å²) in [5.74, 6) is 0.254. The molecular formula is C12H7BrO2. The molecule has 3 heteroatoms. The van der Waals surface area contributed by atoms with E-state index in [9.17, 15) is 5.11 Å². The largest absolute Gasteiger partial charge is 0.507 e. The molecule has 74 valence electrons. The van der Waals surface area contributed by atoms with Crippen molar-refractivity contribution in [2.75, 3.05) is 0 Å². The summed E-state index contributed by atoms with van der Waals surface area (Å²) < 4.78 is 6.56. The van der Waals surface area contributed by atoms with Gasteiger partial charge in [0.2, 0.25) is 0 Å². The highest BCUT2D eigenvalue weighted by Crippen LogP contribution is 2.37. The lowest BCUT2D eigenvalue weighted by Crippen LogP contribution is -1.68. The molecule has 1 N–H and O–H groups in total. The van der Waals surface area contributed by atoms with Crippen LogP contribution in [-0.4, -0.2) is 5.11 Å². The lowest BCUT2D eigenvalue weighted by Gasteiger charge is -1.93. The van der Waals surface area contributed by atoms with Crippen LogP contribution in [0.4, 0.5) is 0 Å². The molecule has 0 aliphatic rings. The summed E-state index contributed by atoms with van der Waals surface area (Å²) >= 11 is 3.42. The summed E-state index contributed by atoms with van der Waals surface area (Å²) in [6.45, 7) is 0. The molecule has 0 amide bonds. The van der Waals surface area contributed by atoms with Crippen molar-refractivity contribution in [3.8, 4) is 5.75 Å². The second-order valence-electron chi connectivity index (χ2n) is 3.37. The summed E-state index contributed by atoms with van der Waals surface area (Å²) in [5.41, 5.74) is 1.48. The summed E-state index contributed by atoms with van der Waals surface area (Å²) in [6.07, 6.45) is 0. The Morgan fingerprint density at radius 1 is 1.07 bits per heavy atom. The van der Waals surface area contributed by atoms with Crippen LogP contribution in [0.15, 0.2) is 45.3 Å². The molecule has 0 radical (unpaired) electrons. The Hall–Kier alpha value is -1.48. The summed E-state index contributed by atoms with van der Waals surface area (Å²) in [6, 6.07) is 11.1. The zero-order valence-electron chi connectivity index (χ0n) is 7.70. The summed E-state index contributed by atoms with van der Waals surface area (Å²) in [4.78, 5) is 0. The number of halogens is 1. The van der Waals surface area contributed by atoms with E-state index in [1.807, 2.05) is 24.3 Å². The van der Waals surface area contributed by atoms with Gasteiger partial charge in [0.25, 0.3) is 0 Å². The van der Waals surface area contributed by atoms with E-state index in [0.29, 0.717) is 5.58 Å². The van der Waals surface area contributed by atoms with Crippen LogP contribution in [0.1, 0.15) is 0 Å². The van der Waals surface area contributed by atoms with Crippen molar-refractivity contribution in [1.82, 2.24) is 0 Å². The maximum Gasteiger partial charge on any atom is 0.149 e. The fraction of sp³-hybridized carbons (Fsp3) is 0. The Bertz CT molecular complexity index is 655. The van der Waals surface area contributed by atoms with Crippen LogP contribution < -0.4 is 0 Å². The van der Waals surface area contributed by atoms with Crippen LogP contribution in [0, 0.1) is 0 Å². The molecular weight excluding hydrogens is 256 g/mol. The van der Waals surface area contributed by atoms with Gasteiger partial charge in [-0.25, -0.2) is 0 Å². The molecule has 0 saturated heterocycles. The molecule has 1 aromatic heterocycles. The topological polar surface area (TPSA) is 33.4 Å². The minimum Gasteiger partial charge on any atom is -0.507 e. The van der Waals surface area contributed by atoms with E-state index in [2.05, 4.69) is 15.9 Å². The third-order valence-electron chi connectivity index (χ3n) is 2.45. The first kappa shape index (κ1) is 8.80. The molecule has 0 saturated carbocycles. The molecule has 3 aromatic rings. The summed E-state index contributed by atoms with van der Waals surface area (Å²) in [7, 11) is 0. The van der Waals surface area contributed by atoms with Crippen molar-refractivity contribution in [3.63, 3.8) is 0 Å². The molecule has 0 unspecified atom stereocenters. The average Bonchev–Trinajstić information content (AvgIpc) is 2.59. The van der Waals surface area contributed by atoms with Crippen LogP contribution >= 0.6 is 15.9 Å². The van der Waals surface area contributed by atoms with E-state index in [4.69, 9.17) is 4.42 Å². The minimum absolute atomic E-state index is 0.254. The van der Waals surface area contributed by atoms with E-state index < -0.39 is 0 Å². The Labute approximate surface area is 94.3 Å². The van der Waals surface area contributed by atoms with Crippen molar-refractivity contribution >= 4 is 37.9 Å². The van der Waals surface area contributed by atoms with Gasteiger partial charge in [0, 0.05) is 5.39 Å². The number of para-hydroxylation sites is 1. The first-order valence-electron chi connectivity index (χ1n) is 4.56. The monoisotopic (exact) mass is 262 g/mol. The van der Waals surface area contributed by atoms with Gasteiger partial charge in [-0.1, -0.05) is 18.2 Å². The van der Waals surface area contributed by atoms with Gasteiger partial charge in [0.15, 0.2) is 0 Å². The predicted octanol–water partition coefficient (Wildman–Crippen LogP) is 4.05. The van der Waals surface area contributed by atoms with E-state index >= 15 is 0 Å². The number of phenols is 1. The van der Waals surface area contributed by atoms with Crippen molar-refractivity contribution in [1.29, 1.82) is 0 Å². The van der Waals surface area contributed by atoms with E-state index in [1.165, 1.54) is 0 Å². The second-order valence-corrected chi connectivity index (χ2v) is 4.22. The van der Waals surface area contributed by atoms with Crippen molar-refractivity contribution < 1.29 is 9.52 Å². The molecule has 0 spiro atoms. The first-order valence-corrected chi connectivity index (χ1v) is 5.35. The van der Waals surface area contributed by atoms with Gasteiger partial charge in [0.05, 0.1) is 9.86 Å². The number of phenolic OH excluding ortho intramolecular Hbond substituents is 1. The predicted molar refractivity (Wildman–Crippen MR) is 63.1 cm³/mol. The molecule has 2 aromatic carbocycles. The van der Waals surface area contributed by atoms with E-state index in [0.717, 1.165) is 20.8 Å². The molecule has 0 aliphatic heterocycles. The number of rotatable bonds is 0. The third-order valence-corrected chi connectivity index (χ3v) is 3.08. The zero-order valence-corrected chi connectivity index (χ0v) is 9.28. The highest BCUT2D eigenvalue weighted by Gasteiger charge is 2.11. The number of hydrogen-bond donors (Lipinski definition) is 1. The molecule has 0 aliphatic carbocycles. The third kappa shape index (κ3) is 1.16. The standard InChI is InChI=1S/C12H7BrO2/c13-8-4-1-3-7-11-9(14)5-2-6-10(11)15-12(7)8/h1-6,14H. The molecule has 3 rings (SSSR count). The zero-order chi connectivity index (χ0) is 10.4. The smallest absolute Gasteiger partial charge is 0.149 e. The van der Waals surface area contributed by atoms with Gasteiger partial charge in [-0.05, 0) is 34.1 Å². The fourth-order valence-electron chi connectivity index (χ4n) is 1.79. The lowest BCUT2D eigenvalue weighted by molar-refractivity contribution is 0.481.